The van der Waals surface area contributed by atoms with Gasteiger partial charge in [-0.2, -0.15) is 0 Å². The zero-order chi connectivity index (χ0) is 26.9. The first-order valence-corrected chi connectivity index (χ1v) is 12.8. The zero-order valence-corrected chi connectivity index (χ0v) is 24.4. The minimum atomic E-state index is -0.282. The fourth-order valence-corrected chi connectivity index (χ4v) is 4.22. The minimum absolute atomic E-state index is 0. The fraction of sp³-hybridized carbons (Fsp3) is 0.0556. The van der Waals surface area contributed by atoms with Gasteiger partial charge in [-0.15, -0.1) is 65.7 Å². The molecule has 2 nitrogen and oxygen atoms in total. The third kappa shape index (κ3) is 7.66. The van der Waals surface area contributed by atoms with Crippen molar-refractivity contribution >= 4 is 0 Å². The summed E-state index contributed by atoms with van der Waals surface area (Å²) in [6, 6.07) is 45.4. The third-order valence-corrected chi connectivity index (χ3v) is 6.35. The molecule has 6 rings (SSSR count). The number of nitrogens with zero attached hydrogens (tertiary/aromatic N) is 2. The number of aryl methyl sites for hydroxylation is 1. The van der Waals surface area contributed by atoms with Crippen LogP contribution < -0.4 is 0 Å². The molecule has 2 heterocycles. The van der Waals surface area contributed by atoms with Crippen LogP contribution in [-0.2, 0) is 26.5 Å². The van der Waals surface area contributed by atoms with E-state index in [1.807, 2.05) is 79.1 Å². The van der Waals surface area contributed by atoms with Gasteiger partial charge in [0.2, 0.25) is 0 Å². The molecule has 0 aliphatic heterocycles. The van der Waals surface area contributed by atoms with Gasteiger partial charge in [-0.25, -0.2) is 0 Å². The summed E-state index contributed by atoms with van der Waals surface area (Å²) >= 11 is 0. The summed E-state index contributed by atoms with van der Waals surface area (Å²) < 4.78 is 13.0. The van der Waals surface area contributed by atoms with Crippen LogP contribution in [0, 0.1) is 24.9 Å². The molecule has 0 saturated carbocycles. The Morgan fingerprint density at radius 2 is 1.38 bits per heavy atom. The Bertz CT molecular complexity index is 1570. The summed E-state index contributed by atoms with van der Waals surface area (Å²) in [4.78, 5) is 8.83. The van der Waals surface area contributed by atoms with Crippen LogP contribution in [0.2, 0.25) is 0 Å². The van der Waals surface area contributed by atoms with Crippen molar-refractivity contribution in [1.82, 2.24) is 9.97 Å². The van der Waals surface area contributed by atoms with E-state index in [-0.39, 0.29) is 25.9 Å². The van der Waals surface area contributed by atoms with E-state index >= 15 is 0 Å². The van der Waals surface area contributed by atoms with Gasteiger partial charge in [-0.3, -0.25) is 4.39 Å². The van der Waals surface area contributed by atoms with E-state index in [1.165, 1.54) is 34.4 Å². The Labute approximate surface area is 249 Å². The van der Waals surface area contributed by atoms with Crippen molar-refractivity contribution < 1.29 is 24.5 Å². The van der Waals surface area contributed by atoms with Crippen molar-refractivity contribution in [3.05, 3.63) is 168 Å². The smallest absolute Gasteiger partial charge is 0.0379 e. The van der Waals surface area contributed by atoms with Gasteiger partial charge in [0.15, 0.2) is 0 Å². The number of pyridine rings is 2. The van der Waals surface area contributed by atoms with Crippen molar-refractivity contribution in [2.45, 2.75) is 13.3 Å². The van der Waals surface area contributed by atoms with Gasteiger partial charge >= 0.3 is 0 Å². The summed E-state index contributed by atoms with van der Waals surface area (Å²) in [6.07, 6.45) is 4.58. The summed E-state index contributed by atoms with van der Waals surface area (Å²) in [5.41, 5.74) is 9.65. The molecule has 199 valence electrons. The average molecular weight is 699 g/mol. The Morgan fingerprint density at radius 3 is 2.08 bits per heavy atom. The van der Waals surface area contributed by atoms with Crippen molar-refractivity contribution in [1.29, 1.82) is 0 Å². The minimum Gasteiger partial charge on any atom is -0.305 e. The second-order valence-corrected chi connectivity index (χ2v) is 9.15. The van der Waals surface area contributed by atoms with Gasteiger partial charge in [0, 0.05) is 38.3 Å². The molecule has 0 spiro atoms. The molecule has 0 amide bonds. The number of halogens is 1. The molecule has 0 N–H and O–H groups in total. The van der Waals surface area contributed by atoms with E-state index < -0.39 is 0 Å². The van der Waals surface area contributed by atoms with Crippen molar-refractivity contribution in [2.75, 3.05) is 0 Å². The summed E-state index contributed by atoms with van der Waals surface area (Å²) in [5, 5.41) is 0. The molecule has 4 aromatic carbocycles. The van der Waals surface area contributed by atoms with Crippen molar-refractivity contribution in [2.24, 2.45) is 0 Å². The fourth-order valence-electron chi connectivity index (χ4n) is 4.22. The Morgan fingerprint density at radius 1 is 0.675 bits per heavy atom. The summed E-state index contributed by atoms with van der Waals surface area (Å²) in [5.74, 6) is -0.282. The van der Waals surface area contributed by atoms with Crippen molar-refractivity contribution in [3.63, 3.8) is 0 Å². The summed E-state index contributed by atoms with van der Waals surface area (Å²) in [6.45, 7) is 2.06. The molecule has 0 atom stereocenters. The first kappa shape index (κ1) is 28.8. The van der Waals surface area contributed by atoms with Crippen LogP contribution in [-0.4, -0.2) is 9.97 Å². The molecular weight excluding hydrogens is 672 g/mol. The average Bonchev–Trinajstić information content (AvgIpc) is 3.01. The molecule has 0 aliphatic carbocycles. The van der Waals surface area contributed by atoms with Gasteiger partial charge in [0.1, 0.15) is 0 Å². The van der Waals surface area contributed by atoms with E-state index in [4.69, 9.17) is 0 Å². The maximum Gasteiger partial charge on any atom is 0.0379 e. The van der Waals surface area contributed by atoms with Gasteiger partial charge in [-0.1, -0.05) is 72.8 Å². The Hall–Kier alpha value is -4.24. The maximum atomic E-state index is 13.0. The molecule has 2 aromatic heterocycles. The van der Waals surface area contributed by atoms with E-state index in [0.717, 1.165) is 34.5 Å². The summed E-state index contributed by atoms with van der Waals surface area (Å²) in [7, 11) is 0. The monoisotopic (exact) mass is 699 g/mol. The molecule has 4 heteroatoms. The van der Waals surface area contributed by atoms with Crippen molar-refractivity contribution in [3.8, 4) is 33.6 Å². The number of benzene rings is 4. The predicted octanol–water partition coefficient (Wildman–Crippen LogP) is 8.80. The first-order chi connectivity index (χ1) is 19.2. The second-order valence-electron chi connectivity index (χ2n) is 9.15. The Kier molecular flexibility index (Phi) is 10.2. The molecule has 0 bridgehead atoms. The van der Waals surface area contributed by atoms with Gasteiger partial charge in [0.25, 0.3) is 0 Å². The topological polar surface area (TPSA) is 25.8 Å². The van der Waals surface area contributed by atoms with Crippen LogP contribution in [0.1, 0.15) is 16.7 Å². The third-order valence-electron chi connectivity index (χ3n) is 6.35. The van der Waals surface area contributed by atoms with Gasteiger partial charge < -0.3 is 9.97 Å². The van der Waals surface area contributed by atoms with Gasteiger partial charge in [-0.05, 0) is 58.6 Å². The molecule has 1 radical (unpaired) electrons. The number of hydrogen-bond acceptors (Lipinski definition) is 2. The molecule has 0 unspecified atom stereocenters. The van der Waals surface area contributed by atoms with Crippen LogP contribution in [0.3, 0.4) is 0 Å². The SMILES string of the molecule is Cc1cnc(-c2[c-]cc(F)cc2)cc1Cc1ccccc1.[Ir].[c-]1ccccc1-c1cc(-c2ccccc2)ccn1. The number of rotatable bonds is 5. The van der Waals surface area contributed by atoms with E-state index in [9.17, 15) is 4.39 Å². The molecule has 0 aliphatic rings. The normalized spacial score (nSPS) is 10.2. The molecule has 40 heavy (non-hydrogen) atoms. The molecule has 0 saturated heterocycles. The quantitative estimate of drug-likeness (QED) is 0.168. The van der Waals surface area contributed by atoms with E-state index in [0.29, 0.717) is 0 Å². The van der Waals surface area contributed by atoms with Crippen LogP contribution >= 0.6 is 0 Å². The molecule has 6 aromatic rings. The molecule has 0 fully saturated rings. The van der Waals surface area contributed by atoms with E-state index in [1.54, 1.807) is 6.07 Å². The number of hydrogen-bond donors (Lipinski definition) is 0. The number of aromatic nitrogens is 2. The van der Waals surface area contributed by atoms with E-state index in [2.05, 4.69) is 65.4 Å². The van der Waals surface area contributed by atoms with Crippen LogP contribution in [0.4, 0.5) is 4.39 Å². The zero-order valence-electron chi connectivity index (χ0n) is 22.0. The maximum absolute atomic E-state index is 13.0. The molecular formula is C36H27FIrN2-2. The largest absolute Gasteiger partial charge is 0.305 e. The van der Waals surface area contributed by atoms with Crippen LogP contribution in [0.5, 0.6) is 0 Å². The predicted molar refractivity (Wildman–Crippen MR) is 156 cm³/mol. The van der Waals surface area contributed by atoms with Crippen LogP contribution in [0.15, 0.2) is 134 Å². The standard InChI is InChI=1S/C19H15FN.C17H12N.Ir/c1-14-13-21-19(16-7-9-18(20)10-8-16)12-17(14)11-15-5-3-2-4-6-15;1-3-7-14(8-4-1)16-11-12-18-17(13-16)15-9-5-2-6-10-15;/h2-7,9-10,12-13H,11H2,1H3;1-9,11-13H;/q2*-1;. The second kappa shape index (κ2) is 14.2. The Balaban J connectivity index is 0.000000182. The van der Waals surface area contributed by atoms with Crippen LogP contribution in [0.25, 0.3) is 33.6 Å². The first-order valence-electron chi connectivity index (χ1n) is 12.8. The van der Waals surface area contributed by atoms with Gasteiger partial charge in [0.05, 0.1) is 0 Å².